The van der Waals surface area contributed by atoms with E-state index in [2.05, 4.69) is 12.2 Å². The summed E-state index contributed by atoms with van der Waals surface area (Å²) in [7, 11) is -3.28. The zero-order valence-corrected chi connectivity index (χ0v) is 15.7. The molecule has 6 heteroatoms. The van der Waals surface area contributed by atoms with Crippen LogP contribution in [0.4, 0.5) is 5.69 Å². The highest BCUT2D eigenvalue weighted by Crippen LogP contribution is 2.26. The van der Waals surface area contributed by atoms with Crippen molar-refractivity contribution >= 4 is 21.6 Å². The second-order valence-electron chi connectivity index (χ2n) is 6.57. The van der Waals surface area contributed by atoms with E-state index in [0.29, 0.717) is 0 Å². The molecule has 0 radical (unpaired) electrons. The van der Waals surface area contributed by atoms with Crippen molar-refractivity contribution in [1.82, 2.24) is 4.31 Å². The summed E-state index contributed by atoms with van der Waals surface area (Å²) in [5.41, 5.74) is 2.98. The Labute approximate surface area is 145 Å². The molecule has 1 saturated carbocycles. The van der Waals surface area contributed by atoms with Crippen LogP contribution in [-0.4, -0.2) is 37.5 Å². The number of nitrogens with one attached hydrogen (secondary N) is 1. The van der Waals surface area contributed by atoms with Crippen molar-refractivity contribution in [2.24, 2.45) is 0 Å². The molecule has 1 aliphatic carbocycles. The summed E-state index contributed by atoms with van der Waals surface area (Å²) in [4.78, 5) is 12.3. The first-order valence-electron chi connectivity index (χ1n) is 8.68. The minimum atomic E-state index is -3.28. The van der Waals surface area contributed by atoms with E-state index >= 15 is 0 Å². The minimum absolute atomic E-state index is 0.0532. The Morgan fingerprint density at radius 2 is 1.96 bits per heavy atom. The molecule has 2 rings (SSSR count). The van der Waals surface area contributed by atoms with Gasteiger partial charge in [0.2, 0.25) is 15.9 Å². The zero-order valence-electron chi connectivity index (χ0n) is 14.8. The van der Waals surface area contributed by atoms with Crippen LogP contribution in [-0.2, 0) is 21.2 Å². The van der Waals surface area contributed by atoms with Gasteiger partial charge in [0.1, 0.15) is 0 Å². The number of amides is 1. The average Bonchev–Trinajstić information content (AvgIpc) is 3.02. The fraction of sp³-hybridized carbons (Fsp3) is 0.611. The molecular weight excluding hydrogens is 324 g/mol. The maximum Gasteiger partial charge on any atom is 0.225 e. The standard InChI is InChI=1S/C18H28N2O3S/c1-4-15-9-7-8-14(2)18(15)19-17(21)12-13-20(24(3,22)23)16-10-5-6-11-16/h7-9,16H,4-6,10-13H2,1-3H3,(H,19,21). The van der Waals surface area contributed by atoms with Gasteiger partial charge in [-0.1, -0.05) is 38.0 Å². The van der Waals surface area contributed by atoms with E-state index in [1.807, 2.05) is 25.1 Å². The molecule has 134 valence electrons. The van der Waals surface area contributed by atoms with Crippen LogP contribution < -0.4 is 5.32 Å². The van der Waals surface area contributed by atoms with E-state index in [0.717, 1.165) is 48.9 Å². The number of carbonyl (C=O) groups excluding carboxylic acids is 1. The third kappa shape index (κ3) is 4.80. The topological polar surface area (TPSA) is 66.5 Å². The lowest BCUT2D eigenvalue weighted by molar-refractivity contribution is -0.116. The van der Waals surface area contributed by atoms with Crippen molar-refractivity contribution in [3.8, 4) is 0 Å². The Kier molecular flexibility index (Phi) is 6.40. The lowest BCUT2D eigenvalue weighted by Gasteiger charge is -2.26. The second kappa shape index (κ2) is 8.12. The van der Waals surface area contributed by atoms with Gasteiger partial charge in [-0.3, -0.25) is 4.79 Å². The van der Waals surface area contributed by atoms with Crippen molar-refractivity contribution in [1.29, 1.82) is 0 Å². The van der Waals surface area contributed by atoms with Crippen molar-refractivity contribution < 1.29 is 13.2 Å². The molecule has 5 nitrogen and oxygen atoms in total. The van der Waals surface area contributed by atoms with E-state index in [9.17, 15) is 13.2 Å². The number of rotatable bonds is 7. The molecule has 0 spiro atoms. The quantitative estimate of drug-likeness (QED) is 0.820. The molecule has 1 N–H and O–H groups in total. The van der Waals surface area contributed by atoms with E-state index < -0.39 is 10.0 Å². The Hall–Kier alpha value is -1.40. The molecule has 0 unspecified atom stereocenters. The van der Waals surface area contributed by atoms with Gasteiger partial charge in [-0.15, -0.1) is 0 Å². The average molecular weight is 353 g/mol. The molecule has 1 aliphatic rings. The van der Waals surface area contributed by atoms with Crippen molar-refractivity contribution in [3.63, 3.8) is 0 Å². The number of nitrogens with zero attached hydrogens (tertiary/aromatic N) is 1. The zero-order chi connectivity index (χ0) is 17.7. The van der Waals surface area contributed by atoms with Crippen LogP contribution in [0, 0.1) is 6.92 Å². The van der Waals surface area contributed by atoms with Crippen LogP contribution in [0.3, 0.4) is 0 Å². The summed E-state index contributed by atoms with van der Waals surface area (Å²) in [5, 5.41) is 2.97. The molecule has 0 bridgehead atoms. The summed E-state index contributed by atoms with van der Waals surface area (Å²) in [5.74, 6) is -0.134. The molecule has 1 amide bonds. The summed E-state index contributed by atoms with van der Waals surface area (Å²) >= 11 is 0. The lowest BCUT2D eigenvalue weighted by Crippen LogP contribution is -2.40. The Bertz CT molecular complexity index is 680. The first-order chi connectivity index (χ1) is 11.3. The predicted molar refractivity (Wildman–Crippen MR) is 97.6 cm³/mol. The van der Waals surface area contributed by atoms with Gasteiger partial charge >= 0.3 is 0 Å². The fourth-order valence-electron chi connectivity index (χ4n) is 3.43. The molecule has 0 aliphatic heterocycles. The normalized spacial score (nSPS) is 15.8. The number of hydrogen-bond donors (Lipinski definition) is 1. The van der Waals surface area contributed by atoms with Crippen LogP contribution in [0.15, 0.2) is 18.2 Å². The molecule has 0 atom stereocenters. The van der Waals surface area contributed by atoms with E-state index in [-0.39, 0.29) is 24.9 Å². The van der Waals surface area contributed by atoms with Gasteiger partial charge in [-0.25, -0.2) is 8.42 Å². The number of hydrogen-bond acceptors (Lipinski definition) is 3. The fourth-order valence-corrected chi connectivity index (χ4v) is 4.60. The van der Waals surface area contributed by atoms with Gasteiger partial charge in [0.25, 0.3) is 0 Å². The van der Waals surface area contributed by atoms with Gasteiger partial charge in [0.15, 0.2) is 0 Å². The number of anilines is 1. The van der Waals surface area contributed by atoms with Crippen LogP contribution in [0.25, 0.3) is 0 Å². The van der Waals surface area contributed by atoms with Gasteiger partial charge < -0.3 is 5.32 Å². The highest BCUT2D eigenvalue weighted by atomic mass is 32.2. The molecule has 0 aromatic heterocycles. The number of sulfonamides is 1. The highest BCUT2D eigenvalue weighted by molar-refractivity contribution is 7.88. The first-order valence-corrected chi connectivity index (χ1v) is 10.5. The van der Waals surface area contributed by atoms with Crippen LogP contribution >= 0.6 is 0 Å². The van der Waals surface area contributed by atoms with E-state index in [1.54, 1.807) is 0 Å². The predicted octanol–water partition coefficient (Wildman–Crippen LogP) is 3.09. The molecule has 1 aromatic carbocycles. The summed E-state index contributed by atoms with van der Waals surface area (Å²) < 4.78 is 25.6. The Morgan fingerprint density at radius 1 is 1.29 bits per heavy atom. The van der Waals surface area contributed by atoms with Crippen molar-refractivity contribution in [3.05, 3.63) is 29.3 Å². The summed E-state index contributed by atoms with van der Waals surface area (Å²) in [6.45, 7) is 4.27. The monoisotopic (exact) mass is 352 g/mol. The van der Waals surface area contributed by atoms with Crippen LogP contribution in [0.1, 0.15) is 50.2 Å². The maximum atomic E-state index is 12.3. The number of para-hydroxylation sites is 1. The van der Waals surface area contributed by atoms with Gasteiger partial charge in [0, 0.05) is 24.7 Å². The highest BCUT2D eigenvalue weighted by Gasteiger charge is 2.29. The molecule has 1 fully saturated rings. The number of benzene rings is 1. The van der Waals surface area contributed by atoms with Gasteiger partial charge in [0.05, 0.1) is 6.26 Å². The minimum Gasteiger partial charge on any atom is -0.326 e. The Balaban J connectivity index is 2.01. The second-order valence-corrected chi connectivity index (χ2v) is 8.51. The Morgan fingerprint density at radius 3 is 2.54 bits per heavy atom. The smallest absolute Gasteiger partial charge is 0.225 e. The van der Waals surface area contributed by atoms with E-state index in [4.69, 9.17) is 0 Å². The third-order valence-corrected chi connectivity index (χ3v) is 6.05. The lowest BCUT2D eigenvalue weighted by atomic mass is 10.1. The molecule has 0 saturated heterocycles. The van der Waals surface area contributed by atoms with Gasteiger partial charge in [-0.05, 0) is 37.3 Å². The molecule has 0 heterocycles. The van der Waals surface area contributed by atoms with Gasteiger partial charge in [-0.2, -0.15) is 4.31 Å². The van der Waals surface area contributed by atoms with Crippen LogP contribution in [0.2, 0.25) is 0 Å². The molecule has 1 aromatic rings. The number of aryl methyl sites for hydroxylation is 2. The summed E-state index contributed by atoms with van der Waals surface area (Å²) in [6.07, 6.45) is 6.17. The third-order valence-electron chi connectivity index (χ3n) is 4.72. The SMILES string of the molecule is CCc1cccc(C)c1NC(=O)CCN(C1CCCC1)S(C)(=O)=O. The molecule has 24 heavy (non-hydrogen) atoms. The largest absolute Gasteiger partial charge is 0.326 e. The van der Waals surface area contributed by atoms with E-state index in [1.165, 1.54) is 10.6 Å². The van der Waals surface area contributed by atoms with Crippen molar-refractivity contribution in [2.45, 2.75) is 58.4 Å². The van der Waals surface area contributed by atoms with Crippen LogP contribution in [0.5, 0.6) is 0 Å². The van der Waals surface area contributed by atoms with Crippen molar-refractivity contribution in [2.75, 3.05) is 18.1 Å². The molecular formula is C18H28N2O3S. The maximum absolute atomic E-state index is 12.3. The first kappa shape index (κ1) is 18.9. The summed E-state index contributed by atoms with van der Waals surface area (Å²) in [6, 6.07) is 6.01. The number of carbonyl (C=O) groups is 1.